The van der Waals surface area contributed by atoms with Crippen molar-refractivity contribution in [2.45, 2.75) is 32.1 Å². The van der Waals surface area contributed by atoms with E-state index in [4.69, 9.17) is 9.47 Å². The summed E-state index contributed by atoms with van der Waals surface area (Å²) in [6, 6.07) is 18.7. The maximum atomic E-state index is 5.85. The second-order valence-corrected chi connectivity index (χ2v) is 7.19. The summed E-state index contributed by atoms with van der Waals surface area (Å²) in [6.07, 6.45) is 6.56. The Morgan fingerprint density at radius 2 is 1.59 bits per heavy atom. The van der Waals surface area contributed by atoms with Gasteiger partial charge in [-0.3, -0.25) is 4.90 Å². The summed E-state index contributed by atoms with van der Waals surface area (Å²) in [5, 5.41) is 0. The van der Waals surface area contributed by atoms with Crippen LogP contribution in [0.2, 0.25) is 0 Å². The van der Waals surface area contributed by atoms with Crippen LogP contribution >= 0.6 is 12.4 Å². The highest BCUT2D eigenvalue weighted by atomic mass is 35.5. The van der Waals surface area contributed by atoms with E-state index >= 15 is 0 Å². The number of hydrogen-bond donors (Lipinski definition) is 0. The van der Waals surface area contributed by atoms with Crippen molar-refractivity contribution in [2.75, 3.05) is 33.4 Å². The topological polar surface area (TPSA) is 21.7 Å². The summed E-state index contributed by atoms with van der Waals surface area (Å²) >= 11 is 0. The van der Waals surface area contributed by atoms with Crippen molar-refractivity contribution < 1.29 is 9.47 Å². The summed E-state index contributed by atoms with van der Waals surface area (Å²) in [6.45, 7) is 4.19. The van der Waals surface area contributed by atoms with Gasteiger partial charge in [0.2, 0.25) is 0 Å². The number of piperidine rings is 1. The number of likely N-dealkylation sites (tertiary alicyclic amines) is 1. The molecule has 1 heterocycles. The molecule has 0 aromatic heterocycles. The largest absolute Gasteiger partial charge is 0.497 e. The van der Waals surface area contributed by atoms with E-state index in [1.54, 1.807) is 7.11 Å². The van der Waals surface area contributed by atoms with Gasteiger partial charge in [0.15, 0.2) is 0 Å². The van der Waals surface area contributed by atoms with Gasteiger partial charge >= 0.3 is 0 Å². The predicted molar refractivity (Wildman–Crippen MR) is 114 cm³/mol. The Balaban J connectivity index is 0.00000261. The van der Waals surface area contributed by atoms with Crippen molar-refractivity contribution in [3.05, 3.63) is 60.2 Å². The molecule has 3 nitrogen and oxygen atoms in total. The zero-order valence-electron chi connectivity index (χ0n) is 16.3. The van der Waals surface area contributed by atoms with Gasteiger partial charge in [-0.25, -0.2) is 0 Å². The number of aryl methyl sites for hydroxylation is 1. The Bertz CT molecular complexity index is 625. The van der Waals surface area contributed by atoms with Crippen LogP contribution in [0.25, 0.3) is 0 Å². The van der Waals surface area contributed by atoms with Gasteiger partial charge in [-0.15, -0.1) is 12.4 Å². The summed E-state index contributed by atoms with van der Waals surface area (Å²) in [5.41, 5.74) is 1.47. The third kappa shape index (κ3) is 7.43. The minimum atomic E-state index is 0. The third-order valence-electron chi connectivity index (χ3n) is 5.36. The third-order valence-corrected chi connectivity index (χ3v) is 5.36. The van der Waals surface area contributed by atoms with Crippen molar-refractivity contribution >= 4 is 12.4 Å². The highest BCUT2D eigenvalue weighted by Crippen LogP contribution is 2.23. The molecule has 27 heavy (non-hydrogen) atoms. The Hall–Kier alpha value is -1.71. The normalized spacial score (nSPS) is 15.1. The average Bonchev–Trinajstić information content (AvgIpc) is 2.70. The molecule has 0 N–H and O–H groups in total. The number of hydrogen-bond acceptors (Lipinski definition) is 3. The van der Waals surface area contributed by atoms with E-state index in [9.17, 15) is 0 Å². The molecule has 1 aliphatic heterocycles. The average molecular weight is 390 g/mol. The second-order valence-electron chi connectivity index (χ2n) is 7.19. The lowest BCUT2D eigenvalue weighted by atomic mass is 9.91. The van der Waals surface area contributed by atoms with E-state index in [-0.39, 0.29) is 12.4 Å². The van der Waals surface area contributed by atoms with Crippen LogP contribution in [0.15, 0.2) is 54.6 Å². The SMILES string of the molecule is COc1ccc(OCCN2CCC(CCCc3ccccc3)CC2)cc1.Cl. The van der Waals surface area contributed by atoms with Crippen LogP contribution in [0.4, 0.5) is 0 Å². The van der Waals surface area contributed by atoms with Gasteiger partial charge in [0.05, 0.1) is 7.11 Å². The maximum absolute atomic E-state index is 5.85. The highest BCUT2D eigenvalue weighted by Gasteiger charge is 2.18. The van der Waals surface area contributed by atoms with Gasteiger partial charge in [-0.1, -0.05) is 36.8 Å². The molecule has 0 amide bonds. The second kappa shape index (κ2) is 11.9. The zero-order valence-corrected chi connectivity index (χ0v) is 17.1. The van der Waals surface area contributed by atoms with E-state index < -0.39 is 0 Å². The molecule has 2 aromatic rings. The van der Waals surface area contributed by atoms with Gasteiger partial charge in [0.1, 0.15) is 18.1 Å². The van der Waals surface area contributed by atoms with Crippen LogP contribution in [0.3, 0.4) is 0 Å². The minimum absolute atomic E-state index is 0. The Labute approximate surface area is 170 Å². The first kappa shape index (κ1) is 21.6. The van der Waals surface area contributed by atoms with Crippen molar-refractivity contribution in [2.24, 2.45) is 5.92 Å². The maximum Gasteiger partial charge on any atom is 0.119 e. The van der Waals surface area contributed by atoms with Crippen LogP contribution in [0.1, 0.15) is 31.2 Å². The monoisotopic (exact) mass is 389 g/mol. The van der Waals surface area contributed by atoms with E-state index in [1.807, 2.05) is 24.3 Å². The first-order valence-electron chi connectivity index (χ1n) is 9.86. The molecule has 0 saturated carbocycles. The molecule has 3 rings (SSSR count). The van der Waals surface area contributed by atoms with E-state index in [2.05, 4.69) is 35.2 Å². The number of benzene rings is 2. The van der Waals surface area contributed by atoms with Gasteiger partial charge in [0, 0.05) is 6.54 Å². The van der Waals surface area contributed by atoms with Crippen molar-refractivity contribution in [3.8, 4) is 11.5 Å². The van der Waals surface area contributed by atoms with Gasteiger partial charge < -0.3 is 9.47 Å². The molecule has 0 spiro atoms. The quantitative estimate of drug-likeness (QED) is 0.586. The highest BCUT2D eigenvalue weighted by molar-refractivity contribution is 5.85. The van der Waals surface area contributed by atoms with E-state index in [0.717, 1.165) is 30.6 Å². The molecule has 0 atom stereocenters. The fourth-order valence-electron chi connectivity index (χ4n) is 3.70. The zero-order chi connectivity index (χ0) is 18.0. The smallest absolute Gasteiger partial charge is 0.119 e. The standard InChI is InChI=1S/C23H31NO2.ClH/c1-25-22-10-12-23(13-11-22)26-19-18-24-16-14-21(15-17-24)9-5-8-20-6-3-2-4-7-20;/h2-4,6-7,10-13,21H,5,8-9,14-19H2,1H3;1H. The Morgan fingerprint density at radius 1 is 0.926 bits per heavy atom. The van der Waals surface area contributed by atoms with Gasteiger partial charge in [0.25, 0.3) is 0 Å². The molecule has 1 fully saturated rings. The number of ether oxygens (including phenoxy) is 2. The number of rotatable bonds is 9. The molecule has 0 aliphatic carbocycles. The molecule has 0 bridgehead atoms. The van der Waals surface area contributed by atoms with Gasteiger partial charge in [-0.2, -0.15) is 0 Å². The van der Waals surface area contributed by atoms with Crippen LogP contribution in [-0.2, 0) is 6.42 Å². The van der Waals surface area contributed by atoms with E-state index in [1.165, 1.54) is 50.8 Å². The molecule has 2 aromatic carbocycles. The summed E-state index contributed by atoms with van der Waals surface area (Å²) in [7, 11) is 1.68. The lowest BCUT2D eigenvalue weighted by Gasteiger charge is -2.31. The molecule has 0 unspecified atom stereocenters. The lowest BCUT2D eigenvalue weighted by Crippen LogP contribution is -2.36. The predicted octanol–water partition coefficient (Wildman–Crippen LogP) is 5.23. The fourth-order valence-corrected chi connectivity index (χ4v) is 3.70. The molecular weight excluding hydrogens is 358 g/mol. The number of halogens is 1. The van der Waals surface area contributed by atoms with Crippen LogP contribution in [0.5, 0.6) is 11.5 Å². The van der Waals surface area contributed by atoms with Crippen LogP contribution in [0, 0.1) is 5.92 Å². The Kier molecular flexibility index (Phi) is 9.51. The minimum Gasteiger partial charge on any atom is -0.497 e. The Morgan fingerprint density at radius 3 is 2.26 bits per heavy atom. The van der Waals surface area contributed by atoms with Crippen molar-refractivity contribution in [1.82, 2.24) is 4.90 Å². The molecule has 148 valence electrons. The van der Waals surface area contributed by atoms with Crippen LogP contribution in [-0.4, -0.2) is 38.3 Å². The number of nitrogens with zero attached hydrogens (tertiary/aromatic N) is 1. The van der Waals surface area contributed by atoms with Gasteiger partial charge in [-0.05, 0) is 74.5 Å². The summed E-state index contributed by atoms with van der Waals surface area (Å²) in [5.74, 6) is 2.69. The molecule has 1 saturated heterocycles. The first-order chi connectivity index (χ1) is 12.8. The molecule has 0 radical (unpaired) electrons. The molecule has 1 aliphatic rings. The summed E-state index contributed by atoms with van der Waals surface area (Å²) in [4.78, 5) is 2.54. The first-order valence-corrected chi connectivity index (χ1v) is 9.86. The van der Waals surface area contributed by atoms with Crippen molar-refractivity contribution in [1.29, 1.82) is 0 Å². The van der Waals surface area contributed by atoms with Crippen molar-refractivity contribution in [3.63, 3.8) is 0 Å². The van der Waals surface area contributed by atoms with Crippen LogP contribution < -0.4 is 9.47 Å². The van der Waals surface area contributed by atoms with E-state index in [0.29, 0.717) is 0 Å². The number of methoxy groups -OCH3 is 1. The molecule has 4 heteroatoms. The molecular formula is C23H32ClNO2. The fraction of sp³-hybridized carbons (Fsp3) is 0.478. The summed E-state index contributed by atoms with van der Waals surface area (Å²) < 4.78 is 11.0. The lowest BCUT2D eigenvalue weighted by molar-refractivity contribution is 0.150.